The number of hydrogen-bond acceptors (Lipinski definition) is 10. The van der Waals surface area contributed by atoms with Gasteiger partial charge in [0.25, 0.3) is 5.91 Å². The van der Waals surface area contributed by atoms with Crippen LogP contribution in [0, 0.1) is 11.8 Å². The first kappa shape index (κ1) is 28.6. The first-order valence-corrected chi connectivity index (χ1v) is 13.5. The van der Waals surface area contributed by atoms with E-state index in [0.29, 0.717) is 23.4 Å². The van der Waals surface area contributed by atoms with Gasteiger partial charge in [-0.25, -0.2) is 0 Å². The number of nitrogens with two attached hydrogens (primary N) is 1. The largest absolute Gasteiger partial charge is 0.510 e. The molecule has 1 amide bonds. The maximum atomic E-state index is 14.0. The average molecular weight is 566 g/mol. The second kappa shape index (κ2) is 9.86. The van der Waals surface area contributed by atoms with Gasteiger partial charge < -0.3 is 30.6 Å². The first-order valence-electron chi connectivity index (χ1n) is 13.5. The van der Waals surface area contributed by atoms with E-state index in [1.54, 1.807) is 26.4 Å². The molecule has 2 aromatic rings. The third-order valence-corrected chi connectivity index (χ3v) is 8.90. The highest BCUT2D eigenvalue weighted by molar-refractivity contribution is 6.24. The molecule has 0 bridgehead atoms. The van der Waals surface area contributed by atoms with Crippen LogP contribution < -0.4 is 5.73 Å². The second-order valence-corrected chi connectivity index (χ2v) is 11.7. The lowest BCUT2D eigenvalue weighted by molar-refractivity contribution is -0.148. The van der Waals surface area contributed by atoms with Crippen LogP contribution >= 0.6 is 0 Å². The first-order chi connectivity index (χ1) is 19.2. The van der Waals surface area contributed by atoms with E-state index in [9.17, 15) is 34.8 Å². The Morgan fingerprint density at radius 1 is 1.15 bits per heavy atom. The average Bonchev–Trinajstić information content (AvgIpc) is 3.33. The SMILES string of the molecule is CC(C)N(C)Cc1ccoc1-c1ccc(O)c2c1C[C@H]1C[C@H]3[C@H](N(C)C)C(O)=C(C(N)=O)C(=O)[C@@]3(O)C(O)=C1C2=O. The minimum atomic E-state index is -2.67. The summed E-state index contributed by atoms with van der Waals surface area (Å²) in [5.74, 6) is -6.27. The predicted molar refractivity (Wildman–Crippen MR) is 148 cm³/mol. The number of hydrogen-bond donors (Lipinski definition) is 5. The molecule has 0 saturated heterocycles. The second-order valence-electron chi connectivity index (χ2n) is 11.7. The van der Waals surface area contributed by atoms with Gasteiger partial charge in [-0.15, -0.1) is 0 Å². The molecule has 1 aromatic carbocycles. The Morgan fingerprint density at radius 3 is 2.44 bits per heavy atom. The van der Waals surface area contributed by atoms with Gasteiger partial charge in [0.1, 0.15) is 28.6 Å². The number of phenolic OH excluding ortho intramolecular Hbond substituents is 1. The monoisotopic (exact) mass is 565 g/mol. The summed E-state index contributed by atoms with van der Waals surface area (Å²) in [5, 5.41) is 45.0. The molecule has 0 fully saturated rings. The van der Waals surface area contributed by atoms with E-state index in [2.05, 4.69) is 18.7 Å². The molecule has 3 aliphatic carbocycles. The van der Waals surface area contributed by atoms with E-state index in [-0.39, 0.29) is 35.8 Å². The molecule has 11 nitrogen and oxygen atoms in total. The molecule has 0 radical (unpaired) electrons. The molecule has 0 spiro atoms. The van der Waals surface area contributed by atoms with Crippen molar-refractivity contribution in [1.82, 2.24) is 9.80 Å². The number of benzene rings is 1. The summed E-state index contributed by atoms with van der Waals surface area (Å²) in [6.07, 6.45) is 1.77. The number of nitrogens with zero attached hydrogens (tertiary/aromatic N) is 2. The van der Waals surface area contributed by atoms with Crippen molar-refractivity contribution in [3.63, 3.8) is 0 Å². The molecule has 1 aromatic heterocycles. The highest BCUT2D eigenvalue weighted by Crippen LogP contribution is 2.53. The minimum Gasteiger partial charge on any atom is -0.510 e. The van der Waals surface area contributed by atoms with Gasteiger partial charge in [0, 0.05) is 35.2 Å². The van der Waals surface area contributed by atoms with Gasteiger partial charge in [0.05, 0.1) is 17.9 Å². The van der Waals surface area contributed by atoms with Crippen molar-refractivity contribution >= 4 is 17.5 Å². The van der Waals surface area contributed by atoms with Crippen LogP contribution in [0.5, 0.6) is 5.75 Å². The smallest absolute Gasteiger partial charge is 0.255 e. The number of amides is 1. The van der Waals surface area contributed by atoms with Crippen LogP contribution in [0.4, 0.5) is 0 Å². The molecule has 218 valence electrons. The van der Waals surface area contributed by atoms with Gasteiger partial charge >= 0.3 is 0 Å². The van der Waals surface area contributed by atoms with Gasteiger partial charge in [0.2, 0.25) is 5.78 Å². The number of primary amides is 1. The number of aliphatic hydroxyl groups excluding tert-OH is 2. The van der Waals surface area contributed by atoms with E-state index >= 15 is 0 Å². The van der Waals surface area contributed by atoms with Crippen LogP contribution in [0.15, 0.2) is 51.5 Å². The Hall–Kier alpha value is -3.93. The van der Waals surface area contributed by atoms with Crippen molar-refractivity contribution in [2.45, 2.75) is 50.9 Å². The topological polar surface area (TPSA) is 178 Å². The normalized spacial score (nSPS) is 26.1. The number of aromatic hydroxyl groups is 1. The molecular weight excluding hydrogens is 530 g/mol. The molecule has 3 aliphatic rings. The maximum Gasteiger partial charge on any atom is 0.255 e. The molecule has 1 heterocycles. The standard InChI is InChI=1S/C30H35N3O8/c1-13(2)33(5)12-14-8-9-41-26(14)16-6-7-19(34)21-17(16)10-15-11-18-23(32(3)4)25(36)22(29(31)39)28(38)30(18,40)27(37)20(15)24(21)35/h6-9,13,15,18,23,34,36-37,40H,10-12H2,1-5H3,(H2,31,39)/t15-,18-,23-,30-/m0/s1. The summed E-state index contributed by atoms with van der Waals surface area (Å²) >= 11 is 0. The third kappa shape index (κ3) is 4.10. The number of ketones is 2. The number of rotatable bonds is 6. The molecular formula is C30H35N3O8. The van der Waals surface area contributed by atoms with Crippen LogP contribution in [-0.2, 0) is 22.6 Å². The zero-order chi connectivity index (χ0) is 30.1. The van der Waals surface area contributed by atoms with Crippen molar-refractivity contribution in [2.75, 3.05) is 21.1 Å². The van der Waals surface area contributed by atoms with Crippen LogP contribution in [0.3, 0.4) is 0 Å². The van der Waals surface area contributed by atoms with Gasteiger partial charge in [-0.1, -0.05) is 0 Å². The predicted octanol–water partition coefficient (Wildman–Crippen LogP) is 2.22. The van der Waals surface area contributed by atoms with E-state index in [1.165, 1.54) is 11.0 Å². The Bertz CT molecular complexity index is 1530. The quantitative estimate of drug-likeness (QED) is 0.326. The zero-order valence-corrected chi connectivity index (χ0v) is 23.6. The highest BCUT2D eigenvalue weighted by Gasteiger charge is 2.63. The summed E-state index contributed by atoms with van der Waals surface area (Å²) in [6.45, 7) is 4.72. The van der Waals surface area contributed by atoms with E-state index in [4.69, 9.17) is 10.2 Å². The fourth-order valence-electron chi connectivity index (χ4n) is 6.61. The van der Waals surface area contributed by atoms with Crippen molar-refractivity contribution < 1.29 is 39.2 Å². The Morgan fingerprint density at radius 2 is 1.83 bits per heavy atom. The summed E-state index contributed by atoms with van der Waals surface area (Å²) in [5.41, 5.74) is 3.66. The Kier molecular flexibility index (Phi) is 6.88. The number of carbonyl (C=O) groups is 3. The van der Waals surface area contributed by atoms with Crippen molar-refractivity contribution in [3.8, 4) is 17.1 Å². The minimum absolute atomic E-state index is 0.0158. The van der Waals surface area contributed by atoms with Crippen LogP contribution in [0.25, 0.3) is 11.3 Å². The Labute approximate surface area is 237 Å². The summed E-state index contributed by atoms with van der Waals surface area (Å²) in [7, 11) is 5.17. The van der Waals surface area contributed by atoms with Gasteiger partial charge in [-0.3, -0.25) is 24.2 Å². The van der Waals surface area contributed by atoms with Gasteiger partial charge in [-0.05, 0) is 77.5 Å². The van der Waals surface area contributed by atoms with E-state index in [0.717, 1.165) is 5.56 Å². The summed E-state index contributed by atoms with van der Waals surface area (Å²) < 4.78 is 5.89. The fraction of sp³-hybridized carbons (Fsp3) is 0.433. The van der Waals surface area contributed by atoms with E-state index < -0.39 is 58.0 Å². The van der Waals surface area contributed by atoms with Crippen LogP contribution in [0.1, 0.15) is 41.8 Å². The number of aliphatic hydroxyl groups is 3. The lowest BCUT2D eigenvalue weighted by Crippen LogP contribution is -2.63. The maximum absolute atomic E-state index is 14.0. The number of likely N-dealkylation sites (N-methyl/N-ethyl adjacent to an activating group) is 1. The van der Waals surface area contributed by atoms with Crippen molar-refractivity contribution in [3.05, 3.63) is 63.8 Å². The number of furan rings is 1. The van der Waals surface area contributed by atoms with E-state index in [1.807, 2.05) is 13.1 Å². The Balaban J connectivity index is 1.67. The third-order valence-electron chi connectivity index (χ3n) is 8.90. The molecule has 6 N–H and O–H groups in total. The molecule has 0 unspecified atom stereocenters. The lowest BCUT2D eigenvalue weighted by Gasteiger charge is -2.50. The van der Waals surface area contributed by atoms with Crippen LogP contribution in [0.2, 0.25) is 0 Å². The number of allylic oxidation sites excluding steroid dienone is 1. The summed E-state index contributed by atoms with van der Waals surface area (Å²) in [4.78, 5) is 43.2. The molecule has 4 atom stereocenters. The van der Waals surface area contributed by atoms with Crippen molar-refractivity contribution in [1.29, 1.82) is 0 Å². The molecule has 0 aliphatic heterocycles. The highest BCUT2D eigenvalue weighted by atomic mass is 16.3. The molecule has 11 heteroatoms. The number of carbonyl (C=O) groups excluding carboxylic acids is 3. The number of phenols is 1. The number of fused-ring (bicyclic) bond motifs is 3. The zero-order valence-electron chi connectivity index (χ0n) is 23.6. The van der Waals surface area contributed by atoms with Crippen molar-refractivity contribution in [2.24, 2.45) is 17.6 Å². The molecule has 5 rings (SSSR count). The lowest BCUT2D eigenvalue weighted by atomic mass is 9.58. The summed E-state index contributed by atoms with van der Waals surface area (Å²) in [6, 6.07) is 4.15. The van der Waals surface area contributed by atoms with Crippen LogP contribution in [-0.4, -0.2) is 86.5 Å². The number of Topliss-reactive ketones (excluding diaryl/α,β-unsaturated/α-hetero) is 2. The molecule has 41 heavy (non-hydrogen) atoms. The van der Waals surface area contributed by atoms with Gasteiger partial charge in [0.15, 0.2) is 11.4 Å². The fourth-order valence-corrected chi connectivity index (χ4v) is 6.61. The molecule has 0 saturated carbocycles. The van der Waals surface area contributed by atoms with Gasteiger partial charge in [-0.2, -0.15) is 0 Å².